The van der Waals surface area contributed by atoms with E-state index in [9.17, 15) is 24.0 Å². The lowest BCUT2D eigenvalue weighted by atomic mass is 10.0. The van der Waals surface area contributed by atoms with E-state index in [4.69, 9.17) is 14.2 Å². The summed E-state index contributed by atoms with van der Waals surface area (Å²) in [4.78, 5) is 64.7. The number of carbonyl (C=O) groups is 5. The third-order valence-electron chi connectivity index (χ3n) is 7.34. The van der Waals surface area contributed by atoms with E-state index in [2.05, 4.69) is 21.3 Å². The molecule has 0 aliphatic heterocycles. The maximum atomic E-state index is 13.8. The Morgan fingerprint density at radius 3 is 1.80 bits per heavy atom. The lowest BCUT2D eigenvalue weighted by molar-refractivity contribution is -0.150. The number of amides is 4. The predicted octanol–water partition coefficient (Wildman–Crippen LogP) is 4.60. The van der Waals surface area contributed by atoms with Crippen LogP contribution in [0.2, 0.25) is 0 Å². The predicted molar refractivity (Wildman–Crippen MR) is 192 cm³/mol. The van der Waals surface area contributed by atoms with Crippen LogP contribution in [-0.2, 0) is 48.3 Å². The highest BCUT2D eigenvalue weighted by molar-refractivity contribution is 5.94. The summed E-state index contributed by atoms with van der Waals surface area (Å²) in [6, 6.07) is 22.9. The van der Waals surface area contributed by atoms with Gasteiger partial charge in [-0.05, 0) is 68.9 Å². The van der Waals surface area contributed by atoms with Crippen LogP contribution in [0.15, 0.2) is 84.9 Å². The molecule has 0 bridgehead atoms. The third-order valence-corrected chi connectivity index (χ3v) is 7.34. The maximum absolute atomic E-state index is 13.8. The maximum Gasteiger partial charge on any atom is 0.408 e. The van der Waals surface area contributed by atoms with Crippen molar-refractivity contribution in [1.29, 1.82) is 0 Å². The van der Waals surface area contributed by atoms with Gasteiger partial charge in [0.15, 0.2) is 0 Å². The minimum atomic E-state index is -1.12. The highest BCUT2D eigenvalue weighted by Gasteiger charge is 2.30. The van der Waals surface area contributed by atoms with Gasteiger partial charge in [0, 0.05) is 6.42 Å². The number of ether oxygens (including phenoxy) is 3. The molecule has 0 aliphatic carbocycles. The van der Waals surface area contributed by atoms with Crippen molar-refractivity contribution in [2.45, 2.75) is 91.3 Å². The molecule has 4 N–H and O–H groups in total. The van der Waals surface area contributed by atoms with Crippen LogP contribution < -0.4 is 26.0 Å². The largest absolute Gasteiger partial charge is 0.489 e. The first-order valence-electron chi connectivity index (χ1n) is 17.0. The number of benzene rings is 3. The van der Waals surface area contributed by atoms with Crippen molar-refractivity contribution in [3.05, 3.63) is 102 Å². The zero-order valence-corrected chi connectivity index (χ0v) is 30.2. The molecule has 0 saturated carbocycles. The van der Waals surface area contributed by atoms with Crippen molar-refractivity contribution in [3.63, 3.8) is 0 Å². The zero-order valence-electron chi connectivity index (χ0n) is 30.2. The van der Waals surface area contributed by atoms with Crippen molar-refractivity contribution >= 4 is 29.8 Å². The number of hydrogen-bond acceptors (Lipinski definition) is 8. The zero-order chi connectivity index (χ0) is 37.4. The van der Waals surface area contributed by atoms with Crippen molar-refractivity contribution in [2.24, 2.45) is 5.92 Å². The standard InChI is InChI=1S/C39H50N4O8/c1-26(2)21-33(37(47)50-25-30-15-11-8-12-16-30)43-36(46)32(22-28-17-19-31(20-18-28)49-24-29-13-9-7-10-14-29)42-35(45)27(3)41-34(44)23-40-38(48)51-39(4,5)6/h7-20,26-27,32-33H,21-25H2,1-6H3,(H,40,48)(H,41,44)(H,42,45)(H,43,46)/t27-,32-,33-/m0/s1. The number of nitrogens with one attached hydrogen (secondary N) is 4. The smallest absolute Gasteiger partial charge is 0.408 e. The molecule has 0 fully saturated rings. The fourth-order valence-electron chi connectivity index (χ4n) is 4.82. The van der Waals surface area contributed by atoms with Crippen LogP contribution in [0.1, 0.15) is 64.7 Å². The summed E-state index contributed by atoms with van der Waals surface area (Å²) in [5, 5.41) is 10.4. The molecule has 0 unspecified atom stereocenters. The van der Waals surface area contributed by atoms with Crippen LogP contribution in [-0.4, -0.2) is 60.1 Å². The quantitative estimate of drug-likeness (QED) is 0.149. The molecule has 3 atom stereocenters. The molecule has 0 aliphatic rings. The molecule has 0 radical (unpaired) electrons. The van der Waals surface area contributed by atoms with Crippen LogP contribution in [0.3, 0.4) is 0 Å². The van der Waals surface area contributed by atoms with Gasteiger partial charge >= 0.3 is 12.1 Å². The first-order chi connectivity index (χ1) is 24.2. The Kier molecular flexibility index (Phi) is 15.5. The molecule has 4 amide bonds. The lowest BCUT2D eigenvalue weighted by Gasteiger charge is -2.25. The first-order valence-corrected chi connectivity index (χ1v) is 17.0. The van der Waals surface area contributed by atoms with Gasteiger partial charge in [0.2, 0.25) is 17.7 Å². The minimum absolute atomic E-state index is 0.0422. The Hall–Kier alpha value is -5.39. The van der Waals surface area contributed by atoms with Gasteiger partial charge in [0.25, 0.3) is 0 Å². The van der Waals surface area contributed by atoms with E-state index >= 15 is 0 Å². The van der Waals surface area contributed by atoms with E-state index in [1.54, 1.807) is 45.0 Å². The van der Waals surface area contributed by atoms with E-state index in [-0.39, 0.29) is 18.9 Å². The van der Waals surface area contributed by atoms with Crippen LogP contribution in [0, 0.1) is 5.92 Å². The Morgan fingerprint density at radius 2 is 1.24 bits per heavy atom. The average molecular weight is 703 g/mol. The Balaban J connectivity index is 1.71. The summed E-state index contributed by atoms with van der Waals surface area (Å²) in [5.74, 6) is -1.80. The van der Waals surface area contributed by atoms with Gasteiger partial charge in [0.1, 0.15) is 49.2 Å². The molecule has 0 saturated heterocycles. The van der Waals surface area contributed by atoms with Gasteiger partial charge in [0.05, 0.1) is 0 Å². The van der Waals surface area contributed by atoms with Gasteiger partial charge in [-0.2, -0.15) is 0 Å². The number of hydrogen-bond donors (Lipinski definition) is 4. The van der Waals surface area contributed by atoms with Gasteiger partial charge < -0.3 is 35.5 Å². The lowest BCUT2D eigenvalue weighted by Crippen LogP contribution is -2.56. The van der Waals surface area contributed by atoms with Crippen molar-refractivity contribution in [2.75, 3.05) is 6.54 Å². The molecule has 3 aromatic rings. The van der Waals surface area contributed by atoms with E-state index < -0.39 is 60.1 Å². The molecular formula is C39H50N4O8. The Morgan fingerprint density at radius 1 is 0.667 bits per heavy atom. The summed E-state index contributed by atoms with van der Waals surface area (Å²) in [5.41, 5.74) is 1.79. The fraction of sp³-hybridized carbons (Fsp3) is 0.410. The second-order valence-electron chi connectivity index (χ2n) is 13.6. The highest BCUT2D eigenvalue weighted by atomic mass is 16.6. The third kappa shape index (κ3) is 15.4. The molecular weight excluding hydrogens is 652 g/mol. The molecule has 12 nitrogen and oxygen atoms in total. The van der Waals surface area contributed by atoms with Crippen molar-refractivity contribution in [1.82, 2.24) is 21.3 Å². The minimum Gasteiger partial charge on any atom is -0.489 e. The molecule has 274 valence electrons. The molecule has 0 aromatic heterocycles. The van der Waals surface area contributed by atoms with Crippen LogP contribution in [0.5, 0.6) is 5.75 Å². The van der Waals surface area contributed by atoms with Crippen LogP contribution in [0.25, 0.3) is 0 Å². The summed E-state index contributed by atoms with van der Waals surface area (Å²) in [6.45, 7) is 10.4. The number of alkyl carbamates (subject to hydrolysis) is 1. The topological polar surface area (TPSA) is 161 Å². The average Bonchev–Trinajstić information content (AvgIpc) is 3.08. The summed E-state index contributed by atoms with van der Waals surface area (Å²) >= 11 is 0. The fourth-order valence-corrected chi connectivity index (χ4v) is 4.82. The van der Waals surface area contributed by atoms with Gasteiger partial charge in [-0.3, -0.25) is 14.4 Å². The van der Waals surface area contributed by atoms with Crippen molar-refractivity contribution < 1.29 is 38.2 Å². The van der Waals surface area contributed by atoms with Gasteiger partial charge in [-0.25, -0.2) is 9.59 Å². The first kappa shape index (κ1) is 40.0. The number of esters is 1. The molecule has 3 rings (SSSR count). The Bertz CT molecular complexity index is 1570. The second kappa shape index (κ2) is 19.7. The molecule has 51 heavy (non-hydrogen) atoms. The highest BCUT2D eigenvalue weighted by Crippen LogP contribution is 2.16. The molecule has 12 heteroatoms. The Labute approximate surface area is 300 Å². The van der Waals surface area contributed by atoms with E-state index in [0.717, 1.165) is 11.1 Å². The van der Waals surface area contributed by atoms with Crippen LogP contribution >= 0.6 is 0 Å². The van der Waals surface area contributed by atoms with Gasteiger partial charge in [-0.1, -0.05) is 86.6 Å². The normalized spacial score (nSPS) is 12.8. The number of rotatable bonds is 17. The van der Waals surface area contributed by atoms with E-state index in [1.807, 2.05) is 74.5 Å². The van der Waals surface area contributed by atoms with Gasteiger partial charge in [-0.15, -0.1) is 0 Å². The molecule has 0 heterocycles. The monoisotopic (exact) mass is 702 g/mol. The molecule has 3 aromatic carbocycles. The van der Waals surface area contributed by atoms with E-state index in [1.165, 1.54) is 6.92 Å². The summed E-state index contributed by atoms with van der Waals surface area (Å²) < 4.78 is 16.6. The van der Waals surface area contributed by atoms with E-state index in [0.29, 0.717) is 24.3 Å². The number of carbonyl (C=O) groups excluding carboxylic acids is 5. The second-order valence-corrected chi connectivity index (χ2v) is 13.6. The molecule has 0 spiro atoms. The summed E-state index contributed by atoms with van der Waals surface area (Å²) in [6.07, 6.45) is -0.392. The van der Waals surface area contributed by atoms with Crippen LogP contribution in [0.4, 0.5) is 4.79 Å². The summed E-state index contributed by atoms with van der Waals surface area (Å²) in [7, 11) is 0. The SMILES string of the molecule is CC(C)C[C@H](NC(=O)[C@H](Cc1ccc(OCc2ccccc2)cc1)NC(=O)[C@H](C)NC(=O)CNC(=O)OC(C)(C)C)C(=O)OCc1ccccc1. The van der Waals surface area contributed by atoms with Crippen molar-refractivity contribution in [3.8, 4) is 5.75 Å².